The van der Waals surface area contributed by atoms with Gasteiger partial charge in [0.05, 0.1) is 30.0 Å². The number of methoxy groups -OCH3 is 1. The van der Waals surface area contributed by atoms with E-state index in [1.165, 1.54) is 0 Å². The molecule has 0 aromatic heterocycles. The Hall–Kier alpha value is -3.93. The van der Waals surface area contributed by atoms with Gasteiger partial charge in [-0.1, -0.05) is 13.3 Å². The van der Waals surface area contributed by atoms with Gasteiger partial charge in [-0.15, -0.1) is 0 Å². The van der Waals surface area contributed by atoms with E-state index in [1.54, 1.807) is 61.9 Å². The van der Waals surface area contributed by atoms with Crippen LogP contribution in [0.15, 0.2) is 77.8 Å². The lowest BCUT2D eigenvalue weighted by molar-refractivity contribution is 0.0323. The van der Waals surface area contributed by atoms with E-state index < -0.39 is 5.97 Å². The van der Waals surface area contributed by atoms with Gasteiger partial charge < -0.3 is 14.2 Å². The van der Waals surface area contributed by atoms with Crippen LogP contribution in [0.2, 0.25) is 0 Å². The Morgan fingerprint density at radius 2 is 1.42 bits per heavy atom. The topological polar surface area (TPSA) is 74.2 Å². The molecule has 3 aromatic carbocycles. The average Bonchev–Trinajstić information content (AvgIpc) is 2.84. The van der Waals surface area contributed by atoms with Crippen molar-refractivity contribution < 1.29 is 23.8 Å². The first-order valence-electron chi connectivity index (χ1n) is 10.8. The maximum absolute atomic E-state index is 12.4. The van der Waals surface area contributed by atoms with E-state index >= 15 is 0 Å². The van der Waals surface area contributed by atoms with Gasteiger partial charge in [0.15, 0.2) is 0 Å². The van der Waals surface area contributed by atoms with Gasteiger partial charge in [0.2, 0.25) is 0 Å². The van der Waals surface area contributed by atoms with Gasteiger partial charge in [-0.25, -0.2) is 9.59 Å². The van der Waals surface area contributed by atoms with E-state index in [-0.39, 0.29) is 12.1 Å². The summed E-state index contributed by atoms with van der Waals surface area (Å²) in [5.41, 5.74) is 2.46. The SMILES string of the molecule is CCCC(C)OC(=O)c1ccc(OC(=O)c2ccc(N=Cc3ccc(OC)cc3)cc2)cc1. The van der Waals surface area contributed by atoms with Crippen LogP contribution in [0.4, 0.5) is 5.69 Å². The van der Waals surface area contributed by atoms with Crippen LogP contribution in [0, 0.1) is 0 Å². The summed E-state index contributed by atoms with van der Waals surface area (Å²) in [5.74, 6) is 0.248. The number of benzene rings is 3. The van der Waals surface area contributed by atoms with Crippen LogP contribution < -0.4 is 9.47 Å². The number of hydrogen-bond acceptors (Lipinski definition) is 6. The minimum Gasteiger partial charge on any atom is -0.497 e. The number of carbonyl (C=O) groups is 2. The van der Waals surface area contributed by atoms with E-state index in [0.717, 1.165) is 24.2 Å². The predicted molar refractivity (Wildman–Crippen MR) is 128 cm³/mol. The largest absolute Gasteiger partial charge is 0.497 e. The summed E-state index contributed by atoms with van der Waals surface area (Å²) >= 11 is 0. The quantitative estimate of drug-likeness (QED) is 0.229. The maximum Gasteiger partial charge on any atom is 0.343 e. The third-order valence-corrected chi connectivity index (χ3v) is 4.89. The highest BCUT2D eigenvalue weighted by molar-refractivity contribution is 5.92. The molecule has 0 N–H and O–H groups in total. The van der Waals surface area contributed by atoms with Crippen molar-refractivity contribution in [2.75, 3.05) is 7.11 Å². The molecule has 6 heteroatoms. The highest BCUT2D eigenvalue weighted by Gasteiger charge is 2.13. The van der Waals surface area contributed by atoms with Gasteiger partial charge in [-0.2, -0.15) is 0 Å². The smallest absolute Gasteiger partial charge is 0.343 e. The molecule has 0 heterocycles. The fourth-order valence-electron chi connectivity index (χ4n) is 3.06. The number of ether oxygens (including phenoxy) is 3. The summed E-state index contributed by atoms with van der Waals surface area (Å²) < 4.78 is 15.9. The summed E-state index contributed by atoms with van der Waals surface area (Å²) in [5, 5.41) is 0. The number of nitrogens with zero attached hydrogens (tertiary/aromatic N) is 1. The Bertz CT molecular complexity index is 1090. The molecule has 0 radical (unpaired) electrons. The van der Waals surface area contributed by atoms with Crippen LogP contribution in [-0.4, -0.2) is 31.4 Å². The highest BCUT2D eigenvalue weighted by atomic mass is 16.5. The van der Waals surface area contributed by atoms with Gasteiger partial charge in [0.25, 0.3) is 0 Å². The van der Waals surface area contributed by atoms with E-state index in [4.69, 9.17) is 14.2 Å². The third kappa shape index (κ3) is 7.04. The van der Waals surface area contributed by atoms with Crippen molar-refractivity contribution in [1.29, 1.82) is 0 Å². The molecule has 3 rings (SSSR count). The molecule has 0 aliphatic carbocycles. The molecule has 0 bridgehead atoms. The molecule has 0 fully saturated rings. The summed E-state index contributed by atoms with van der Waals surface area (Å²) in [7, 11) is 1.62. The molecule has 0 saturated heterocycles. The fraction of sp³-hybridized carbons (Fsp3) is 0.222. The fourth-order valence-corrected chi connectivity index (χ4v) is 3.06. The van der Waals surface area contributed by atoms with Crippen molar-refractivity contribution >= 4 is 23.8 Å². The standard InChI is InChI=1S/C27H27NO5/c1-4-5-19(2)32-26(29)22-10-16-25(17-11-22)33-27(30)21-8-12-23(13-9-21)28-18-20-6-14-24(31-3)15-7-20/h6-19H,4-5H2,1-3H3. The minimum atomic E-state index is -0.493. The molecule has 0 amide bonds. The molecule has 170 valence electrons. The van der Waals surface area contributed by atoms with E-state index in [1.807, 2.05) is 38.1 Å². The van der Waals surface area contributed by atoms with Crippen molar-refractivity contribution in [3.63, 3.8) is 0 Å². The molecule has 33 heavy (non-hydrogen) atoms. The average molecular weight is 446 g/mol. The Labute approximate surface area is 193 Å². The molecular weight excluding hydrogens is 418 g/mol. The van der Waals surface area contributed by atoms with Gasteiger partial charge in [0.1, 0.15) is 11.5 Å². The maximum atomic E-state index is 12.4. The van der Waals surface area contributed by atoms with E-state index in [9.17, 15) is 9.59 Å². The Balaban J connectivity index is 1.56. The third-order valence-electron chi connectivity index (χ3n) is 4.89. The van der Waals surface area contributed by atoms with Crippen LogP contribution in [0.5, 0.6) is 11.5 Å². The molecule has 1 unspecified atom stereocenters. The normalized spacial score (nSPS) is 11.7. The lowest BCUT2D eigenvalue weighted by atomic mass is 10.2. The lowest BCUT2D eigenvalue weighted by Gasteiger charge is -2.12. The Morgan fingerprint density at radius 3 is 2.03 bits per heavy atom. The molecule has 0 aliphatic rings. The van der Waals surface area contributed by atoms with Crippen LogP contribution in [0.3, 0.4) is 0 Å². The first kappa shape index (κ1) is 23.7. The molecule has 6 nitrogen and oxygen atoms in total. The predicted octanol–water partition coefficient (Wildman–Crippen LogP) is 6.01. The molecule has 0 aliphatic heterocycles. The van der Waals surface area contributed by atoms with Gasteiger partial charge >= 0.3 is 11.9 Å². The monoisotopic (exact) mass is 445 g/mol. The second-order valence-corrected chi connectivity index (χ2v) is 7.50. The zero-order chi connectivity index (χ0) is 23.6. The minimum absolute atomic E-state index is 0.136. The number of esters is 2. The summed E-state index contributed by atoms with van der Waals surface area (Å²) in [6.45, 7) is 3.91. The molecule has 1 atom stereocenters. The van der Waals surface area contributed by atoms with Gasteiger partial charge in [0, 0.05) is 6.21 Å². The van der Waals surface area contributed by atoms with Crippen molar-refractivity contribution in [2.45, 2.75) is 32.8 Å². The van der Waals surface area contributed by atoms with Crippen molar-refractivity contribution in [3.05, 3.63) is 89.5 Å². The number of hydrogen-bond donors (Lipinski definition) is 0. The van der Waals surface area contributed by atoms with Crippen LogP contribution >= 0.6 is 0 Å². The summed E-state index contributed by atoms with van der Waals surface area (Å²) in [6.07, 6.45) is 3.36. The van der Waals surface area contributed by atoms with Gasteiger partial charge in [-0.05, 0) is 91.7 Å². The second kappa shape index (κ2) is 11.6. The van der Waals surface area contributed by atoms with Crippen LogP contribution in [0.1, 0.15) is 53.0 Å². The lowest BCUT2D eigenvalue weighted by Crippen LogP contribution is -2.14. The molecule has 0 saturated carbocycles. The Morgan fingerprint density at radius 1 is 0.848 bits per heavy atom. The molecule has 0 spiro atoms. The first-order chi connectivity index (χ1) is 16.0. The number of aliphatic imine (C=N–C) groups is 1. The first-order valence-corrected chi connectivity index (χ1v) is 10.8. The van der Waals surface area contributed by atoms with Crippen molar-refractivity contribution in [2.24, 2.45) is 4.99 Å². The number of rotatable bonds is 9. The highest BCUT2D eigenvalue weighted by Crippen LogP contribution is 2.18. The van der Waals surface area contributed by atoms with Crippen molar-refractivity contribution in [1.82, 2.24) is 0 Å². The summed E-state index contributed by atoms with van der Waals surface area (Å²) in [6, 6.07) is 20.7. The number of carbonyl (C=O) groups excluding carboxylic acids is 2. The van der Waals surface area contributed by atoms with E-state index in [2.05, 4.69) is 4.99 Å². The molecule has 3 aromatic rings. The second-order valence-electron chi connectivity index (χ2n) is 7.50. The Kier molecular flexibility index (Phi) is 8.36. The zero-order valence-corrected chi connectivity index (χ0v) is 19.0. The van der Waals surface area contributed by atoms with Crippen LogP contribution in [-0.2, 0) is 4.74 Å². The summed E-state index contributed by atoms with van der Waals surface area (Å²) in [4.78, 5) is 29.0. The zero-order valence-electron chi connectivity index (χ0n) is 19.0. The van der Waals surface area contributed by atoms with Crippen LogP contribution in [0.25, 0.3) is 0 Å². The van der Waals surface area contributed by atoms with Crippen molar-refractivity contribution in [3.8, 4) is 11.5 Å². The molecular formula is C27H27NO5. The van der Waals surface area contributed by atoms with Gasteiger partial charge in [-0.3, -0.25) is 4.99 Å². The van der Waals surface area contributed by atoms with E-state index in [0.29, 0.717) is 22.6 Å².